The normalized spacial score (nSPS) is 37.5. The zero-order chi connectivity index (χ0) is 25.9. The van der Waals surface area contributed by atoms with Crippen LogP contribution in [0.2, 0.25) is 0 Å². The second-order valence-electron chi connectivity index (χ2n) is 7.99. The maximum atomic E-state index is 11.2. The van der Waals surface area contributed by atoms with Crippen LogP contribution in [0.1, 0.15) is 10.4 Å². The Balaban J connectivity index is 1.80. The van der Waals surface area contributed by atoms with E-state index in [1.54, 1.807) is 0 Å². The molecule has 0 unspecified atom stereocenters. The SMILES string of the molecule is COc1cc(C=O)cc(OC)c1O[C@@H]1O[C@H](CO)[C@@H](O[C@H]2O[C@H](CO)[C@@H](O)[C@H](O)[C@H]2O)[C@H](O)[C@H]1O. The van der Waals surface area contributed by atoms with E-state index in [0.29, 0.717) is 6.29 Å². The number of aliphatic hydroxyl groups is 7. The molecule has 2 aliphatic heterocycles. The lowest BCUT2D eigenvalue weighted by Crippen LogP contribution is -2.65. The number of carbonyl (C=O) groups is 1. The fourth-order valence-corrected chi connectivity index (χ4v) is 3.85. The number of ether oxygens (including phenoxy) is 6. The second kappa shape index (κ2) is 11.7. The Bertz CT molecular complexity index is 822. The molecule has 14 heteroatoms. The number of hydrogen-bond donors (Lipinski definition) is 7. The van der Waals surface area contributed by atoms with E-state index in [0.717, 1.165) is 0 Å². The van der Waals surface area contributed by atoms with E-state index in [2.05, 4.69) is 0 Å². The summed E-state index contributed by atoms with van der Waals surface area (Å²) >= 11 is 0. The van der Waals surface area contributed by atoms with E-state index in [4.69, 9.17) is 28.4 Å². The van der Waals surface area contributed by atoms with Gasteiger partial charge in [0.1, 0.15) is 55.1 Å². The highest BCUT2D eigenvalue weighted by Gasteiger charge is 2.51. The molecule has 0 amide bonds. The summed E-state index contributed by atoms with van der Waals surface area (Å²) in [5.41, 5.74) is 0.220. The van der Waals surface area contributed by atoms with E-state index in [1.807, 2.05) is 0 Å². The van der Waals surface area contributed by atoms with Crippen molar-refractivity contribution in [1.29, 1.82) is 0 Å². The van der Waals surface area contributed by atoms with E-state index in [9.17, 15) is 40.5 Å². The monoisotopic (exact) mass is 506 g/mol. The Morgan fingerprint density at radius 2 is 1.34 bits per heavy atom. The van der Waals surface area contributed by atoms with Gasteiger partial charge in [0, 0.05) is 5.56 Å². The lowest BCUT2D eigenvalue weighted by Gasteiger charge is -2.45. The number of carbonyl (C=O) groups excluding carboxylic acids is 1. The molecule has 0 saturated carbocycles. The molecule has 1 aromatic carbocycles. The molecule has 35 heavy (non-hydrogen) atoms. The molecule has 0 spiro atoms. The Morgan fingerprint density at radius 1 is 0.800 bits per heavy atom. The third-order valence-corrected chi connectivity index (χ3v) is 5.81. The maximum absolute atomic E-state index is 11.2. The molecule has 3 rings (SSSR count). The van der Waals surface area contributed by atoms with Crippen molar-refractivity contribution in [3.8, 4) is 17.2 Å². The molecule has 0 bridgehead atoms. The molecular formula is C21H30O14. The van der Waals surface area contributed by atoms with Crippen LogP contribution in [0.5, 0.6) is 17.2 Å². The molecular weight excluding hydrogens is 476 g/mol. The Kier molecular flexibility index (Phi) is 9.22. The van der Waals surface area contributed by atoms with Crippen molar-refractivity contribution >= 4 is 6.29 Å². The molecule has 2 saturated heterocycles. The predicted molar refractivity (Wildman–Crippen MR) is 112 cm³/mol. The number of hydrogen-bond acceptors (Lipinski definition) is 14. The molecule has 2 aliphatic rings. The van der Waals surface area contributed by atoms with Gasteiger partial charge in [-0.15, -0.1) is 0 Å². The van der Waals surface area contributed by atoms with Crippen molar-refractivity contribution < 1.29 is 69.0 Å². The van der Waals surface area contributed by atoms with Crippen LogP contribution in [0, 0.1) is 0 Å². The molecule has 2 heterocycles. The summed E-state index contributed by atoms with van der Waals surface area (Å²) in [4.78, 5) is 11.2. The molecule has 2 fully saturated rings. The summed E-state index contributed by atoms with van der Waals surface area (Å²) in [6.45, 7) is -1.44. The van der Waals surface area contributed by atoms with Crippen LogP contribution in [0.3, 0.4) is 0 Å². The first kappa shape index (κ1) is 27.5. The Labute approximate surface area is 199 Å². The quantitative estimate of drug-likeness (QED) is 0.162. The minimum absolute atomic E-state index is 0.0539. The van der Waals surface area contributed by atoms with E-state index < -0.39 is 74.6 Å². The van der Waals surface area contributed by atoms with Gasteiger partial charge in [-0.2, -0.15) is 0 Å². The Morgan fingerprint density at radius 3 is 1.86 bits per heavy atom. The van der Waals surface area contributed by atoms with Crippen LogP contribution in [0.15, 0.2) is 12.1 Å². The fourth-order valence-electron chi connectivity index (χ4n) is 3.85. The zero-order valence-electron chi connectivity index (χ0n) is 18.9. The van der Waals surface area contributed by atoms with Crippen LogP contribution < -0.4 is 14.2 Å². The van der Waals surface area contributed by atoms with Gasteiger partial charge < -0.3 is 64.2 Å². The minimum atomic E-state index is -1.78. The number of aldehydes is 1. The van der Waals surface area contributed by atoms with Crippen LogP contribution >= 0.6 is 0 Å². The summed E-state index contributed by atoms with van der Waals surface area (Å²) in [5, 5.41) is 70.6. The number of benzene rings is 1. The molecule has 14 nitrogen and oxygen atoms in total. The smallest absolute Gasteiger partial charge is 0.229 e. The first-order chi connectivity index (χ1) is 16.7. The number of aliphatic hydroxyl groups excluding tert-OH is 7. The highest BCUT2D eigenvalue weighted by molar-refractivity contribution is 5.78. The second-order valence-corrected chi connectivity index (χ2v) is 7.99. The van der Waals surface area contributed by atoms with Gasteiger partial charge in [-0.25, -0.2) is 0 Å². The molecule has 7 N–H and O–H groups in total. The third kappa shape index (κ3) is 5.51. The molecule has 10 atom stereocenters. The number of rotatable bonds is 9. The van der Waals surface area contributed by atoms with Gasteiger partial charge in [0.2, 0.25) is 12.0 Å². The predicted octanol–water partition coefficient (Wildman–Crippen LogP) is -3.48. The lowest BCUT2D eigenvalue weighted by molar-refractivity contribution is -0.352. The van der Waals surface area contributed by atoms with Crippen molar-refractivity contribution in [3.63, 3.8) is 0 Å². The summed E-state index contributed by atoms with van der Waals surface area (Å²) in [6, 6.07) is 2.70. The highest BCUT2D eigenvalue weighted by atomic mass is 16.7. The molecule has 1 aromatic rings. The maximum Gasteiger partial charge on any atom is 0.229 e. The van der Waals surface area contributed by atoms with E-state index in [-0.39, 0.29) is 22.8 Å². The van der Waals surface area contributed by atoms with Crippen LogP contribution in [0.25, 0.3) is 0 Å². The van der Waals surface area contributed by atoms with Crippen molar-refractivity contribution in [3.05, 3.63) is 17.7 Å². The van der Waals surface area contributed by atoms with Crippen molar-refractivity contribution in [1.82, 2.24) is 0 Å². The average Bonchev–Trinajstić information content (AvgIpc) is 2.87. The average molecular weight is 506 g/mol. The van der Waals surface area contributed by atoms with Gasteiger partial charge in [-0.3, -0.25) is 4.79 Å². The summed E-state index contributed by atoms with van der Waals surface area (Å²) in [7, 11) is 2.62. The topological polar surface area (TPSA) is 214 Å². The van der Waals surface area contributed by atoms with Gasteiger partial charge in [0.05, 0.1) is 27.4 Å². The Hall–Kier alpha value is -2.11. The molecule has 198 valence electrons. The fraction of sp³-hybridized carbons (Fsp3) is 0.667. The van der Waals surface area contributed by atoms with E-state index >= 15 is 0 Å². The molecule has 0 aliphatic carbocycles. The molecule has 0 radical (unpaired) electrons. The van der Waals surface area contributed by atoms with Gasteiger partial charge in [-0.1, -0.05) is 0 Å². The third-order valence-electron chi connectivity index (χ3n) is 5.81. The minimum Gasteiger partial charge on any atom is -0.493 e. The van der Waals surface area contributed by atoms with Gasteiger partial charge in [0.15, 0.2) is 17.8 Å². The standard InChI is InChI=1S/C21H30O14/c1-30-9-3-8(5-22)4-10(31-2)18(9)34-21-17(29)15(27)19(12(7-24)33-21)35-20-16(28)14(26)13(25)11(6-23)32-20/h3-5,11-17,19-21,23-29H,6-7H2,1-2H3/t11-,12-,13-,14+,15-,16-,17-,19-,20-,21+/m1/s1. The largest absolute Gasteiger partial charge is 0.493 e. The van der Waals surface area contributed by atoms with Crippen molar-refractivity contribution in [2.45, 2.75) is 61.4 Å². The van der Waals surface area contributed by atoms with Crippen LogP contribution in [-0.4, -0.2) is 131 Å². The summed E-state index contributed by atoms with van der Waals surface area (Å²) in [5.74, 6) is 0.0794. The highest BCUT2D eigenvalue weighted by Crippen LogP contribution is 2.40. The van der Waals surface area contributed by atoms with Crippen LogP contribution in [0.4, 0.5) is 0 Å². The lowest BCUT2D eigenvalue weighted by atomic mass is 9.97. The summed E-state index contributed by atoms with van der Waals surface area (Å²) in [6.07, 6.45) is -15.4. The molecule has 0 aromatic heterocycles. The van der Waals surface area contributed by atoms with Crippen molar-refractivity contribution in [2.75, 3.05) is 27.4 Å². The first-order valence-corrected chi connectivity index (χ1v) is 10.7. The van der Waals surface area contributed by atoms with Gasteiger partial charge in [-0.05, 0) is 12.1 Å². The summed E-state index contributed by atoms with van der Waals surface area (Å²) < 4.78 is 32.5. The van der Waals surface area contributed by atoms with E-state index in [1.165, 1.54) is 26.4 Å². The van der Waals surface area contributed by atoms with Gasteiger partial charge >= 0.3 is 0 Å². The van der Waals surface area contributed by atoms with Crippen molar-refractivity contribution in [2.24, 2.45) is 0 Å². The van der Waals surface area contributed by atoms with Gasteiger partial charge in [0.25, 0.3) is 0 Å². The first-order valence-electron chi connectivity index (χ1n) is 10.7. The van der Waals surface area contributed by atoms with Crippen LogP contribution in [-0.2, 0) is 14.2 Å². The number of methoxy groups -OCH3 is 2. The zero-order valence-corrected chi connectivity index (χ0v) is 18.9.